The van der Waals surface area contributed by atoms with Gasteiger partial charge in [-0.1, -0.05) is 48.0 Å². The molecule has 1 saturated heterocycles. The largest absolute Gasteiger partial charge is 0.497 e. The van der Waals surface area contributed by atoms with Gasteiger partial charge in [0.05, 0.1) is 19.8 Å². The number of halogens is 2. The monoisotopic (exact) mass is 516 g/mol. The molecule has 9 heteroatoms. The van der Waals surface area contributed by atoms with Crippen molar-refractivity contribution in [2.75, 3.05) is 39.8 Å². The van der Waals surface area contributed by atoms with Crippen LogP contribution in [0.1, 0.15) is 22.8 Å². The Labute approximate surface area is 211 Å². The molecule has 192 valence electrons. The van der Waals surface area contributed by atoms with Crippen molar-refractivity contribution < 1.29 is 26.7 Å². The minimum atomic E-state index is -4.28. The maximum absolute atomic E-state index is 14.2. The van der Waals surface area contributed by atoms with Crippen LogP contribution in [0.25, 0.3) is 0 Å². The highest BCUT2D eigenvalue weighted by Crippen LogP contribution is 2.27. The number of hydrogen-bond donors (Lipinski definition) is 0. The van der Waals surface area contributed by atoms with Gasteiger partial charge in [0.1, 0.15) is 17.4 Å². The zero-order valence-corrected chi connectivity index (χ0v) is 21.2. The molecule has 0 amide bonds. The maximum atomic E-state index is 14.2. The maximum Gasteiger partial charge on any atom is 0.249 e. The van der Waals surface area contributed by atoms with Crippen LogP contribution in [0.15, 0.2) is 71.6 Å². The topological polar surface area (TPSA) is 59.1 Å². The molecule has 0 aliphatic carbocycles. The van der Waals surface area contributed by atoms with Crippen LogP contribution in [0.5, 0.6) is 5.75 Å². The van der Waals surface area contributed by atoms with Crippen LogP contribution in [0, 0.1) is 18.6 Å². The Morgan fingerprint density at radius 2 is 1.56 bits per heavy atom. The van der Waals surface area contributed by atoms with Gasteiger partial charge in [-0.05, 0) is 42.3 Å². The molecule has 1 heterocycles. The molecule has 0 N–H and O–H groups in total. The van der Waals surface area contributed by atoms with Crippen molar-refractivity contribution in [2.45, 2.75) is 24.5 Å². The minimum absolute atomic E-state index is 0.124. The summed E-state index contributed by atoms with van der Waals surface area (Å²) in [6, 6.07) is 18.9. The number of ether oxygens (including phenoxy) is 2. The Hall–Kier alpha value is -2.85. The summed E-state index contributed by atoms with van der Waals surface area (Å²) >= 11 is 0. The van der Waals surface area contributed by atoms with Gasteiger partial charge in [-0.3, -0.25) is 4.90 Å². The average molecular weight is 517 g/mol. The summed E-state index contributed by atoms with van der Waals surface area (Å²) in [6.45, 7) is 4.04. The molecule has 0 bridgehead atoms. The third-order valence-electron chi connectivity index (χ3n) is 6.31. The Kier molecular flexibility index (Phi) is 8.35. The molecule has 36 heavy (non-hydrogen) atoms. The number of aryl methyl sites for hydroxylation is 1. The molecule has 3 aromatic rings. The van der Waals surface area contributed by atoms with Crippen LogP contribution in [0.4, 0.5) is 8.78 Å². The van der Waals surface area contributed by atoms with E-state index in [0.717, 1.165) is 39.4 Å². The molecular weight excluding hydrogens is 486 g/mol. The summed E-state index contributed by atoms with van der Waals surface area (Å²) in [5, 5.41) is 0. The number of rotatable bonds is 9. The number of methoxy groups -OCH3 is 1. The highest BCUT2D eigenvalue weighted by Gasteiger charge is 2.33. The fourth-order valence-corrected chi connectivity index (χ4v) is 5.75. The second kappa shape index (κ2) is 11.5. The third-order valence-corrected chi connectivity index (χ3v) is 8.26. The second-order valence-corrected chi connectivity index (χ2v) is 10.7. The fraction of sp³-hybridized carbons (Fsp3) is 0.333. The molecular formula is C27H30F2N2O4S. The molecule has 0 aromatic heterocycles. The van der Waals surface area contributed by atoms with Crippen LogP contribution in [0.2, 0.25) is 0 Å². The zero-order chi connectivity index (χ0) is 25.7. The zero-order valence-electron chi connectivity index (χ0n) is 20.4. The van der Waals surface area contributed by atoms with Crippen LogP contribution in [-0.2, 0) is 21.4 Å². The quantitative estimate of drug-likeness (QED) is 0.418. The Bertz CT molecular complexity index is 1260. The van der Waals surface area contributed by atoms with Crippen molar-refractivity contribution >= 4 is 10.0 Å². The van der Waals surface area contributed by atoms with E-state index in [0.29, 0.717) is 26.2 Å². The molecule has 0 spiro atoms. The summed E-state index contributed by atoms with van der Waals surface area (Å²) in [4.78, 5) is 1.21. The summed E-state index contributed by atoms with van der Waals surface area (Å²) in [7, 11) is -2.67. The fourth-order valence-electron chi connectivity index (χ4n) is 4.22. The van der Waals surface area contributed by atoms with E-state index in [1.807, 2.05) is 55.5 Å². The van der Waals surface area contributed by atoms with Crippen molar-refractivity contribution in [3.05, 3.63) is 95.1 Å². The van der Waals surface area contributed by atoms with E-state index < -0.39 is 26.6 Å². The van der Waals surface area contributed by atoms with Gasteiger partial charge >= 0.3 is 0 Å². The summed E-state index contributed by atoms with van der Waals surface area (Å²) in [5.74, 6) is -1.45. The first-order valence-corrected chi connectivity index (χ1v) is 13.2. The van der Waals surface area contributed by atoms with Gasteiger partial charge in [0.2, 0.25) is 10.0 Å². The van der Waals surface area contributed by atoms with Gasteiger partial charge in [0.25, 0.3) is 0 Å². The first-order chi connectivity index (χ1) is 17.3. The molecule has 6 nitrogen and oxygen atoms in total. The first-order valence-electron chi connectivity index (χ1n) is 11.8. The van der Waals surface area contributed by atoms with Gasteiger partial charge in [-0.15, -0.1) is 0 Å². The SMILES string of the molecule is COc1cccc([C@@H](CN2CCN(S(=O)(=O)c3c(F)cccc3F)CC2)OCc2ccc(C)cc2)c1. The van der Waals surface area contributed by atoms with Crippen molar-refractivity contribution in [2.24, 2.45) is 0 Å². The Morgan fingerprint density at radius 1 is 0.917 bits per heavy atom. The Morgan fingerprint density at radius 3 is 2.19 bits per heavy atom. The highest BCUT2D eigenvalue weighted by atomic mass is 32.2. The molecule has 4 rings (SSSR count). The molecule has 0 radical (unpaired) electrons. The van der Waals surface area contributed by atoms with Gasteiger partial charge in [0, 0.05) is 32.7 Å². The smallest absolute Gasteiger partial charge is 0.249 e. The first kappa shape index (κ1) is 26.2. The highest BCUT2D eigenvalue weighted by molar-refractivity contribution is 7.89. The summed E-state index contributed by atoms with van der Waals surface area (Å²) in [5.41, 5.74) is 3.17. The lowest BCUT2D eigenvalue weighted by Crippen LogP contribution is -2.49. The molecule has 1 fully saturated rings. The van der Waals surface area contributed by atoms with E-state index >= 15 is 0 Å². The molecule has 3 aromatic carbocycles. The van der Waals surface area contributed by atoms with Crippen molar-refractivity contribution in [1.29, 1.82) is 0 Å². The van der Waals surface area contributed by atoms with Crippen molar-refractivity contribution in [1.82, 2.24) is 9.21 Å². The van der Waals surface area contributed by atoms with Crippen molar-refractivity contribution in [3.8, 4) is 5.75 Å². The number of sulfonamides is 1. The standard InChI is InChI=1S/C27H30F2N2O4S/c1-20-9-11-21(12-10-20)19-35-26(22-5-3-6-23(17-22)34-2)18-30-13-15-31(16-14-30)36(32,33)27-24(28)7-4-8-25(27)29/h3-12,17,26H,13-16,18-19H2,1-2H3/t26-/m1/s1. The van der Waals surface area contributed by atoms with Crippen LogP contribution in [0.3, 0.4) is 0 Å². The predicted octanol–water partition coefficient (Wildman–Crippen LogP) is 4.55. The van der Waals surface area contributed by atoms with E-state index in [9.17, 15) is 17.2 Å². The molecule has 1 aliphatic heterocycles. The molecule has 0 unspecified atom stereocenters. The Balaban J connectivity index is 1.45. The van der Waals surface area contributed by atoms with E-state index in [2.05, 4.69) is 4.90 Å². The van der Waals surface area contributed by atoms with Gasteiger partial charge in [-0.25, -0.2) is 17.2 Å². The molecule has 1 aliphatic rings. The lowest BCUT2D eigenvalue weighted by Gasteiger charge is -2.36. The summed E-state index contributed by atoms with van der Waals surface area (Å²) < 4.78 is 67.0. The molecule has 1 atom stereocenters. The number of nitrogens with zero attached hydrogens (tertiary/aromatic N) is 2. The minimum Gasteiger partial charge on any atom is -0.497 e. The normalized spacial score (nSPS) is 16.1. The van der Waals surface area contributed by atoms with Gasteiger partial charge in [-0.2, -0.15) is 4.31 Å². The van der Waals surface area contributed by atoms with E-state index in [4.69, 9.17) is 9.47 Å². The van der Waals surface area contributed by atoms with E-state index in [-0.39, 0.29) is 19.2 Å². The van der Waals surface area contributed by atoms with E-state index in [1.165, 1.54) is 5.56 Å². The number of benzene rings is 3. The summed E-state index contributed by atoms with van der Waals surface area (Å²) in [6.07, 6.45) is -0.284. The van der Waals surface area contributed by atoms with Crippen molar-refractivity contribution in [3.63, 3.8) is 0 Å². The van der Waals surface area contributed by atoms with Gasteiger partial charge in [0.15, 0.2) is 4.90 Å². The van der Waals surface area contributed by atoms with Crippen LogP contribution >= 0.6 is 0 Å². The number of hydrogen-bond acceptors (Lipinski definition) is 5. The van der Waals surface area contributed by atoms with E-state index in [1.54, 1.807) is 7.11 Å². The second-order valence-electron chi connectivity index (χ2n) is 8.82. The lowest BCUT2D eigenvalue weighted by molar-refractivity contribution is 0.00761. The lowest BCUT2D eigenvalue weighted by atomic mass is 10.1. The van der Waals surface area contributed by atoms with Gasteiger partial charge < -0.3 is 9.47 Å². The average Bonchev–Trinajstić information content (AvgIpc) is 2.87. The number of piperazine rings is 1. The predicted molar refractivity (Wildman–Crippen MR) is 133 cm³/mol. The molecule has 0 saturated carbocycles. The third kappa shape index (κ3) is 6.10. The van der Waals surface area contributed by atoms with Crippen LogP contribution in [-0.4, -0.2) is 57.5 Å². The van der Waals surface area contributed by atoms with Crippen LogP contribution < -0.4 is 4.74 Å².